The third kappa shape index (κ3) is 4.15. The molecule has 2 heterocycles. The summed E-state index contributed by atoms with van der Waals surface area (Å²) in [5.74, 6) is 0.0476. The molecule has 1 aliphatic carbocycles. The predicted molar refractivity (Wildman–Crippen MR) is 133 cm³/mol. The van der Waals surface area contributed by atoms with Gasteiger partial charge < -0.3 is 10.6 Å². The lowest BCUT2D eigenvalue weighted by Gasteiger charge is -2.30. The van der Waals surface area contributed by atoms with E-state index in [1.54, 1.807) is 16.0 Å². The number of nitrogens with zero attached hydrogens (tertiary/aromatic N) is 3. The topological polar surface area (TPSA) is 96.3 Å². The van der Waals surface area contributed by atoms with Crippen molar-refractivity contribution in [3.8, 4) is 5.69 Å². The summed E-state index contributed by atoms with van der Waals surface area (Å²) in [7, 11) is -1.91. The van der Waals surface area contributed by atoms with Crippen LogP contribution in [0.5, 0.6) is 0 Å². The Morgan fingerprint density at radius 1 is 1.21 bits per heavy atom. The second kappa shape index (κ2) is 8.41. The number of fused-ring (bicyclic) bond motifs is 1. The molecule has 1 saturated carbocycles. The van der Waals surface area contributed by atoms with Crippen molar-refractivity contribution in [3.05, 3.63) is 52.1 Å². The number of sulfonamides is 1. The van der Waals surface area contributed by atoms with Gasteiger partial charge in [-0.1, -0.05) is 15.9 Å². The Morgan fingerprint density at radius 3 is 2.52 bits per heavy atom. The molecule has 2 aliphatic rings. The molecule has 1 amide bonds. The number of nitrogens with one attached hydrogen (secondary N) is 2. The van der Waals surface area contributed by atoms with Gasteiger partial charge in [0, 0.05) is 23.5 Å². The van der Waals surface area contributed by atoms with Gasteiger partial charge in [0.1, 0.15) is 5.69 Å². The number of amides is 1. The Bertz CT molecular complexity index is 1330. The average Bonchev–Trinajstić information content (AvgIpc) is 3.35. The average molecular weight is 532 g/mol. The van der Waals surface area contributed by atoms with E-state index in [1.165, 1.54) is 6.26 Å². The zero-order valence-electron chi connectivity index (χ0n) is 18.5. The highest BCUT2D eigenvalue weighted by Gasteiger charge is 2.36. The molecule has 0 unspecified atom stereocenters. The number of carbonyl (C=O) groups is 1. The maximum atomic E-state index is 12.9. The lowest BCUT2D eigenvalue weighted by molar-refractivity contribution is 0.0957. The SMILES string of the molecule is CNC(=O)c1c2cc(C3CC3)c(N([C@H]3CCNC3)S(C)(=O)=O)cc2nn1-c1ccc(Br)cc1. The highest BCUT2D eigenvalue weighted by atomic mass is 79.9. The summed E-state index contributed by atoms with van der Waals surface area (Å²) < 4.78 is 30.0. The molecule has 1 aliphatic heterocycles. The van der Waals surface area contributed by atoms with E-state index in [4.69, 9.17) is 5.10 Å². The third-order valence-electron chi connectivity index (χ3n) is 6.31. The van der Waals surface area contributed by atoms with Gasteiger partial charge >= 0.3 is 0 Å². The zero-order valence-corrected chi connectivity index (χ0v) is 20.9. The second-order valence-corrected chi connectivity index (χ2v) is 11.5. The van der Waals surface area contributed by atoms with Crippen LogP contribution in [0.2, 0.25) is 0 Å². The molecular formula is C23H26BrN5O3S. The Hall–Kier alpha value is -2.43. The number of rotatable bonds is 6. The number of benzene rings is 2. The van der Waals surface area contributed by atoms with Crippen LogP contribution in [0.1, 0.15) is 41.2 Å². The molecule has 33 heavy (non-hydrogen) atoms. The van der Waals surface area contributed by atoms with Crippen LogP contribution in [-0.2, 0) is 10.0 Å². The van der Waals surface area contributed by atoms with Gasteiger partial charge in [0.15, 0.2) is 0 Å². The van der Waals surface area contributed by atoms with E-state index in [1.807, 2.05) is 36.4 Å². The lowest BCUT2D eigenvalue weighted by atomic mass is 10.0. The van der Waals surface area contributed by atoms with Gasteiger partial charge in [-0.05, 0) is 73.7 Å². The fraction of sp³-hybridized carbons (Fsp3) is 0.391. The fourth-order valence-corrected chi connectivity index (χ4v) is 6.14. The summed E-state index contributed by atoms with van der Waals surface area (Å²) in [6.07, 6.45) is 4.04. The molecule has 5 rings (SSSR count). The van der Waals surface area contributed by atoms with Crippen molar-refractivity contribution in [2.75, 3.05) is 30.7 Å². The van der Waals surface area contributed by atoms with Crippen molar-refractivity contribution in [2.45, 2.75) is 31.2 Å². The van der Waals surface area contributed by atoms with Gasteiger partial charge in [0.25, 0.3) is 5.91 Å². The van der Waals surface area contributed by atoms with Gasteiger partial charge in [-0.15, -0.1) is 0 Å². The Labute approximate surface area is 201 Å². The highest BCUT2D eigenvalue weighted by molar-refractivity contribution is 9.10. The number of aromatic nitrogens is 2. The summed E-state index contributed by atoms with van der Waals surface area (Å²) in [5, 5.41) is 11.5. The van der Waals surface area contributed by atoms with Crippen molar-refractivity contribution >= 4 is 48.5 Å². The zero-order chi connectivity index (χ0) is 23.3. The summed E-state index contributed by atoms with van der Waals surface area (Å²) in [4.78, 5) is 12.9. The molecule has 1 aromatic heterocycles. The van der Waals surface area contributed by atoms with E-state index < -0.39 is 10.0 Å². The van der Waals surface area contributed by atoms with E-state index in [0.29, 0.717) is 23.4 Å². The van der Waals surface area contributed by atoms with Crippen LogP contribution in [0.25, 0.3) is 16.6 Å². The standard InChI is InChI=1S/C23H26BrN5O3S/c1-25-23(30)22-19-11-18(14-3-4-14)21(29(33(2,31)32)17-9-10-26-13-17)12-20(19)27-28(22)16-7-5-15(24)6-8-16/h5-8,11-12,14,17,26H,3-4,9-10,13H2,1-2H3,(H,25,30)/t17-/m0/s1. The predicted octanol–water partition coefficient (Wildman–Crippen LogP) is 3.15. The van der Waals surface area contributed by atoms with Gasteiger partial charge in [0.2, 0.25) is 10.0 Å². The van der Waals surface area contributed by atoms with Crippen LogP contribution in [0.4, 0.5) is 5.69 Å². The van der Waals surface area contributed by atoms with Gasteiger partial charge in [-0.3, -0.25) is 9.10 Å². The first-order valence-electron chi connectivity index (χ1n) is 11.0. The summed E-state index contributed by atoms with van der Waals surface area (Å²) in [6, 6.07) is 11.3. The van der Waals surface area contributed by atoms with E-state index >= 15 is 0 Å². The minimum atomic E-state index is -3.51. The van der Waals surface area contributed by atoms with E-state index in [0.717, 1.165) is 46.9 Å². The van der Waals surface area contributed by atoms with Crippen LogP contribution in [0.3, 0.4) is 0 Å². The molecule has 8 nitrogen and oxygen atoms in total. The Morgan fingerprint density at radius 2 is 1.94 bits per heavy atom. The Balaban J connectivity index is 1.76. The lowest BCUT2D eigenvalue weighted by Crippen LogP contribution is -2.41. The van der Waals surface area contributed by atoms with Gasteiger partial charge in [-0.25, -0.2) is 13.1 Å². The molecular weight excluding hydrogens is 506 g/mol. The first-order chi connectivity index (χ1) is 15.8. The van der Waals surface area contributed by atoms with Crippen LogP contribution >= 0.6 is 15.9 Å². The normalized spacial score (nSPS) is 18.6. The number of anilines is 1. The molecule has 0 radical (unpaired) electrons. The van der Waals surface area contributed by atoms with Crippen LogP contribution in [0.15, 0.2) is 40.9 Å². The molecule has 2 N–H and O–H groups in total. The van der Waals surface area contributed by atoms with Crippen LogP contribution < -0.4 is 14.9 Å². The van der Waals surface area contributed by atoms with Crippen LogP contribution in [-0.4, -0.2) is 56.5 Å². The van der Waals surface area contributed by atoms with Crippen molar-refractivity contribution in [1.29, 1.82) is 0 Å². The quantitative estimate of drug-likeness (QED) is 0.509. The first kappa shape index (κ1) is 22.4. The second-order valence-electron chi connectivity index (χ2n) is 8.72. The number of hydrogen-bond donors (Lipinski definition) is 2. The van der Waals surface area contributed by atoms with Crippen molar-refractivity contribution in [2.24, 2.45) is 0 Å². The van der Waals surface area contributed by atoms with Crippen LogP contribution in [0, 0.1) is 0 Å². The molecule has 0 spiro atoms. The van der Waals surface area contributed by atoms with Gasteiger partial charge in [0.05, 0.1) is 29.2 Å². The number of halogens is 1. The largest absolute Gasteiger partial charge is 0.354 e. The van der Waals surface area contributed by atoms with Gasteiger partial charge in [-0.2, -0.15) is 5.10 Å². The molecule has 2 aromatic carbocycles. The molecule has 1 saturated heterocycles. The summed E-state index contributed by atoms with van der Waals surface area (Å²) in [6.45, 7) is 1.41. The monoisotopic (exact) mass is 531 g/mol. The number of carbonyl (C=O) groups excluding carboxylic acids is 1. The summed E-state index contributed by atoms with van der Waals surface area (Å²) in [5.41, 5.74) is 3.44. The van der Waals surface area contributed by atoms with E-state index in [-0.39, 0.29) is 17.9 Å². The van der Waals surface area contributed by atoms with Crippen molar-refractivity contribution in [1.82, 2.24) is 20.4 Å². The highest BCUT2D eigenvalue weighted by Crippen LogP contribution is 2.47. The molecule has 174 valence electrons. The third-order valence-corrected chi connectivity index (χ3v) is 8.05. The number of hydrogen-bond acceptors (Lipinski definition) is 5. The first-order valence-corrected chi connectivity index (χ1v) is 13.7. The maximum absolute atomic E-state index is 12.9. The smallest absolute Gasteiger partial charge is 0.270 e. The van der Waals surface area contributed by atoms with Crippen molar-refractivity contribution < 1.29 is 13.2 Å². The molecule has 10 heteroatoms. The van der Waals surface area contributed by atoms with E-state index in [9.17, 15) is 13.2 Å². The van der Waals surface area contributed by atoms with Crippen molar-refractivity contribution in [3.63, 3.8) is 0 Å². The molecule has 2 fully saturated rings. The molecule has 0 bridgehead atoms. The summed E-state index contributed by atoms with van der Waals surface area (Å²) >= 11 is 3.45. The fourth-order valence-electron chi connectivity index (χ4n) is 4.64. The maximum Gasteiger partial charge on any atom is 0.270 e. The minimum absolute atomic E-state index is 0.137. The molecule has 1 atom stereocenters. The minimum Gasteiger partial charge on any atom is -0.354 e. The molecule has 3 aromatic rings. The Kier molecular flexibility index (Phi) is 5.70. The van der Waals surface area contributed by atoms with E-state index in [2.05, 4.69) is 26.6 Å².